The quantitative estimate of drug-likeness (QED) is 0.526. The van der Waals surface area contributed by atoms with Gasteiger partial charge in [-0.2, -0.15) is 0 Å². The molecule has 0 radical (unpaired) electrons. The van der Waals surface area contributed by atoms with Gasteiger partial charge in [-0.15, -0.1) is 0 Å². The molecule has 0 aliphatic carbocycles. The van der Waals surface area contributed by atoms with E-state index in [9.17, 15) is 0 Å². The van der Waals surface area contributed by atoms with E-state index >= 15 is 0 Å². The van der Waals surface area contributed by atoms with Crippen LogP contribution in [0.3, 0.4) is 0 Å². The Kier molecular flexibility index (Phi) is 2.59. The summed E-state index contributed by atoms with van der Waals surface area (Å²) in [5.74, 6) is 0. The molecular weight excluding hydrogens is 140 g/mol. The Morgan fingerprint density at radius 1 is 1.45 bits per heavy atom. The number of hydrogen-bond donors (Lipinski definition) is 3. The molecule has 1 aromatic rings. The molecule has 0 amide bonds. The highest BCUT2D eigenvalue weighted by molar-refractivity contribution is 5.24. The van der Waals surface area contributed by atoms with Crippen molar-refractivity contribution in [3.63, 3.8) is 0 Å². The topological polar surface area (TPSA) is 72.3 Å². The summed E-state index contributed by atoms with van der Waals surface area (Å²) in [6, 6.07) is 7.29. The van der Waals surface area contributed by atoms with Crippen molar-refractivity contribution in [3.05, 3.63) is 35.4 Å². The van der Waals surface area contributed by atoms with Gasteiger partial charge in [0.15, 0.2) is 0 Å². The molecule has 0 aromatic heterocycles. The van der Waals surface area contributed by atoms with Gasteiger partial charge in [-0.05, 0) is 11.1 Å². The summed E-state index contributed by atoms with van der Waals surface area (Å²) in [6.45, 7) is 0.473. The zero-order valence-corrected chi connectivity index (χ0v) is 6.20. The minimum absolute atomic E-state index is 0.473. The fourth-order valence-electron chi connectivity index (χ4n) is 0.904. The molecule has 0 spiro atoms. The average molecular weight is 152 g/mol. The lowest BCUT2D eigenvalue weighted by Gasteiger charge is -2.05. The Balaban J connectivity index is 2.91. The first kappa shape index (κ1) is 8.20. The van der Waals surface area contributed by atoms with Crippen molar-refractivity contribution in [1.82, 2.24) is 0 Å². The van der Waals surface area contributed by atoms with Crippen molar-refractivity contribution in [2.45, 2.75) is 12.8 Å². The smallest absolute Gasteiger partial charge is 0.128 e. The Hall–Kier alpha value is -0.900. The number of aliphatic hydroxyl groups is 1. The highest BCUT2D eigenvalue weighted by Gasteiger charge is 1.99. The van der Waals surface area contributed by atoms with Crippen LogP contribution in [0.5, 0.6) is 0 Å². The van der Waals surface area contributed by atoms with Crippen LogP contribution >= 0.6 is 0 Å². The van der Waals surface area contributed by atoms with E-state index in [1.54, 1.807) is 12.1 Å². The molecule has 5 N–H and O–H groups in total. The summed E-state index contributed by atoms with van der Waals surface area (Å²) in [4.78, 5) is 0. The lowest BCUT2D eigenvalue weighted by molar-refractivity contribution is 0.186. The van der Waals surface area contributed by atoms with Crippen molar-refractivity contribution in [1.29, 1.82) is 0 Å². The number of aliphatic hydroxyl groups excluding tert-OH is 1. The summed E-state index contributed by atoms with van der Waals surface area (Å²) < 4.78 is 0. The summed E-state index contributed by atoms with van der Waals surface area (Å²) in [6.07, 6.45) is -0.901. The van der Waals surface area contributed by atoms with Gasteiger partial charge in [0.1, 0.15) is 6.23 Å². The standard InChI is InChI=1S/C8H12N2O/c9-5-6-2-1-3-7(4-6)8(10)11/h1-4,8,11H,5,9-10H2. The molecule has 3 heteroatoms. The van der Waals surface area contributed by atoms with Crippen LogP contribution in [0.1, 0.15) is 17.4 Å². The highest BCUT2D eigenvalue weighted by atomic mass is 16.3. The molecule has 0 aliphatic rings. The molecule has 1 aromatic carbocycles. The van der Waals surface area contributed by atoms with E-state index < -0.39 is 6.23 Å². The van der Waals surface area contributed by atoms with E-state index in [1.165, 1.54) is 0 Å². The summed E-state index contributed by atoms with van der Waals surface area (Å²) in [5.41, 5.74) is 12.3. The monoisotopic (exact) mass is 152 g/mol. The van der Waals surface area contributed by atoms with Crippen molar-refractivity contribution in [2.75, 3.05) is 0 Å². The molecule has 0 saturated carbocycles. The van der Waals surface area contributed by atoms with E-state index in [4.69, 9.17) is 16.6 Å². The Morgan fingerprint density at radius 3 is 2.73 bits per heavy atom. The Bertz CT molecular complexity index is 235. The minimum atomic E-state index is -0.901. The SMILES string of the molecule is NCc1cccc(C(N)O)c1. The van der Waals surface area contributed by atoms with Crippen LogP contribution in [0.15, 0.2) is 24.3 Å². The number of nitrogens with two attached hydrogens (primary N) is 2. The summed E-state index contributed by atoms with van der Waals surface area (Å²) in [7, 11) is 0. The minimum Gasteiger partial charge on any atom is -0.375 e. The maximum absolute atomic E-state index is 8.98. The molecule has 1 unspecified atom stereocenters. The van der Waals surface area contributed by atoms with Crippen molar-refractivity contribution >= 4 is 0 Å². The van der Waals surface area contributed by atoms with Crippen LogP contribution in [0.4, 0.5) is 0 Å². The maximum atomic E-state index is 8.98. The molecule has 0 fully saturated rings. The zero-order valence-electron chi connectivity index (χ0n) is 6.20. The van der Waals surface area contributed by atoms with Gasteiger partial charge in [0.2, 0.25) is 0 Å². The predicted molar refractivity (Wildman–Crippen MR) is 43.5 cm³/mol. The van der Waals surface area contributed by atoms with Gasteiger partial charge < -0.3 is 16.6 Å². The number of benzene rings is 1. The third-order valence-electron chi connectivity index (χ3n) is 1.53. The zero-order chi connectivity index (χ0) is 8.27. The van der Waals surface area contributed by atoms with Crippen LogP contribution in [0.25, 0.3) is 0 Å². The van der Waals surface area contributed by atoms with E-state index in [0.29, 0.717) is 12.1 Å². The van der Waals surface area contributed by atoms with Crippen LogP contribution in [-0.2, 0) is 6.54 Å². The van der Waals surface area contributed by atoms with Gasteiger partial charge in [-0.25, -0.2) is 0 Å². The molecule has 0 heterocycles. The number of rotatable bonds is 2. The largest absolute Gasteiger partial charge is 0.375 e. The van der Waals surface area contributed by atoms with E-state index in [0.717, 1.165) is 5.56 Å². The van der Waals surface area contributed by atoms with Gasteiger partial charge in [-0.3, -0.25) is 0 Å². The van der Waals surface area contributed by atoms with Gasteiger partial charge in [0.25, 0.3) is 0 Å². The van der Waals surface area contributed by atoms with Crippen molar-refractivity contribution in [2.24, 2.45) is 11.5 Å². The van der Waals surface area contributed by atoms with E-state index in [1.807, 2.05) is 12.1 Å². The number of hydrogen-bond acceptors (Lipinski definition) is 3. The van der Waals surface area contributed by atoms with Crippen LogP contribution in [0.2, 0.25) is 0 Å². The van der Waals surface area contributed by atoms with Crippen molar-refractivity contribution in [3.8, 4) is 0 Å². The van der Waals surface area contributed by atoms with Gasteiger partial charge in [0.05, 0.1) is 0 Å². The van der Waals surface area contributed by atoms with Gasteiger partial charge in [0, 0.05) is 6.54 Å². The van der Waals surface area contributed by atoms with Crippen LogP contribution in [-0.4, -0.2) is 5.11 Å². The summed E-state index contributed by atoms with van der Waals surface area (Å²) >= 11 is 0. The lowest BCUT2D eigenvalue weighted by Crippen LogP contribution is -2.09. The molecular formula is C8H12N2O. The van der Waals surface area contributed by atoms with Crippen LogP contribution in [0, 0.1) is 0 Å². The third-order valence-corrected chi connectivity index (χ3v) is 1.53. The second kappa shape index (κ2) is 3.48. The first-order chi connectivity index (χ1) is 5.24. The fourth-order valence-corrected chi connectivity index (χ4v) is 0.904. The average Bonchev–Trinajstić information content (AvgIpc) is 2.05. The molecule has 60 valence electrons. The van der Waals surface area contributed by atoms with Crippen molar-refractivity contribution < 1.29 is 5.11 Å². The highest BCUT2D eigenvalue weighted by Crippen LogP contribution is 2.09. The van der Waals surface area contributed by atoms with Gasteiger partial charge >= 0.3 is 0 Å². The fraction of sp³-hybridized carbons (Fsp3) is 0.250. The Labute approximate surface area is 65.6 Å². The molecule has 0 aliphatic heterocycles. The predicted octanol–water partition coefficient (Wildman–Crippen LogP) is 0.0949. The first-order valence-corrected chi connectivity index (χ1v) is 3.46. The van der Waals surface area contributed by atoms with Gasteiger partial charge in [-0.1, -0.05) is 24.3 Å². The third kappa shape index (κ3) is 2.01. The molecule has 1 rings (SSSR count). The van der Waals surface area contributed by atoms with E-state index in [2.05, 4.69) is 0 Å². The molecule has 0 saturated heterocycles. The maximum Gasteiger partial charge on any atom is 0.128 e. The molecule has 0 bridgehead atoms. The first-order valence-electron chi connectivity index (χ1n) is 3.46. The molecule has 1 atom stereocenters. The lowest BCUT2D eigenvalue weighted by atomic mass is 10.1. The normalized spacial score (nSPS) is 13.0. The Morgan fingerprint density at radius 2 is 2.18 bits per heavy atom. The second-order valence-corrected chi connectivity index (χ2v) is 2.39. The molecule has 11 heavy (non-hydrogen) atoms. The van der Waals surface area contributed by atoms with Crippen LogP contribution < -0.4 is 11.5 Å². The second-order valence-electron chi connectivity index (χ2n) is 2.39. The van der Waals surface area contributed by atoms with E-state index in [-0.39, 0.29) is 0 Å². The molecule has 3 nitrogen and oxygen atoms in total. The summed E-state index contributed by atoms with van der Waals surface area (Å²) in [5, 5.41) is 8.98.